The van der Waals surface area contributed by atoms with Crippen LogP contribution in [0.1, 0.15) is 69.7 Å². The number of fused-ring (bicyclic) bond motifs is 1. The molecular weight excluding hydrogens is 558 g/mol. The highest BCUT2D eigenvalue weighted by atomic mass is 35.5. The molecule has 1 aliphatic heterocycles. The number of hydrogen-bond acceptors (Lipinski definition) is 7. The van der Waals surface area contributed by atoms with E-state index in [-0.39, 0.29) is 12.0 Å². The first-order valence-corrected chi connectivity index (χ1v) is 15.0. The van der Waals surface area contributed by atoms with Gasteiger partial charge in [-0.05, 0) is 63.6 Å². The number of allylic oxidation sites excluding steroid dienone is 1. The smallest absolute Gasteiger partial charge is 0.262 e. The zero-order valence-corrected chi connectivity index (χ0v) is 24.5. The topological polar surface area (TPSA) is 104 Å². The quantitative estimate of drug-likeness (QED) is 0.261. The van der Waals surface area contributed by atoms with Crippen molar-refractivity contribution in [3.05, 3.63) is 93.1 Å². The number of nitrogens with one attached hydrogen (secondary N) is 1. The predicted octanol–water partition coefficient (Wildman–Crippen LogP) is 6.01. The number of primary amides is 1. The van der Waals surface area contributed by atoms with Gasteiger partial charge in [-0.15, -0.1) is 11.3 Å². The highest BCUT2D eigenvalue weighted by Gasteiger charge is 2.25. The van der Waals surface area contributed by atoms with Crippen molar-refractivity contribution in [3.8, 4) is 16.5 Å². The van der Waals surface area contributed by atoms with Gasteiger partial charge in [0, 0.05) is 35.9 Å². The summed E-state index contributed by atoms with van der Waals surface area (Å²) in [6, 6.07) is 11.7. The molecule has 1 aromatic carbocycles. The van der Waals surface area contributed by atoms with Gasteiger partial charge in [-0.1, -0.05) is 35.9 Å². The van der Waals surface area contributed by atoms with E-state index in [4.69, 9.17) is 31.8 Å². The summed E-state index contributed by atoms with van der Waals surface area (Å²) < 4.78 is 14.5. The average molecular weight is 590 g/mol. The van der Waals surface area contributed by atoms with Crippen LogP contribution in [0.25, 0.3) is 11.1 Å². The van der Waals surface area contributed by atoms with Crippen LogP contribution < -0.4 is 20.5 Å². The second-order valence-electron chi connectivity index (χ2n) is 10.5. The van der Waals surface area contributed by atoms with Crippen molar-refractivity contribution in [1.29, 1.82) is 0 Å². The number of nitrogens with two attached hydrogens (primary N) is 1. The highest BCUT2D eigenvalue weighted by molar-refractivity contribution is 7.16. The van der Waals surface area contributed by atoms with Gasteiger partial charge >= 0.3 is 0 Å². The van der Waals surface area contributed by atoms with Crippen molar-refractivity contribution < 1.29 is 14.3 Å². The minimum atomic E-state index is -0.547. The molecule has 4 heterocycles. The number of thiophene rings is 1. The first kappa shape index (κ1) is 27.5. The molecule has 3 aromatic heterocycles. The van der Waals surface area contributed by atoms with E-state index in [9.17, 15) is 4.79 Å². The van der Waals surface area contributed by atoms with Crippen LogP contribution in [-0.2, 0) is 6.42 Å². The summed E-state index contributed by atoms with van der Waals surface area (Å²) in [5, 5.41) is 4.65. The normalized spacial score (nSPS) is 17.7. The monoisotopic (exact) mass is 589 g/mol. The maximum Gasteiger partial charge on any atom is 0.262 e. The Balaban J connectivity index is 1.23. The van der Waals surface area contributed by atoms with Gasteiger partial charge in [-0.25, -0.2) is 4.98 Å². The van der Waals surface area contributed by atoms with E-state index >= 15 is 0 Å². The number of carbonyl (C=O) groups is 1. The number of ether oxygens (including phenoxy) is 2. The zero-order chi connectivity index (χ0) is 28.5. The Labute approximate surface area is 248 Å². The molecule has 0 bridgehead atoms. The molecule has 6 rings (SSSR count). The number of aromatic nitrogens is 3. The molecule has 212 valence electrons. The molecule has 10 heteroatoms. The SMILES string of the molecule is Cc1ccc(C2C=Cc3c(ncn3-c3cc(OC(C)c4cccc(OC5CCNCC5)c4Cl)c(C(N)=O)s3)C2)cn1. The van der Waals surface area contributed by atoms with E-state index < -0.39 is 12.0 Å². The first-order valence-electron chi connectivity index (χ1n) is 13.8. The number of aryl methyl sites for hydroxylation is 1. The van der Waals surface area contributed by atoms with Crippen LogP contribution in [0.3, 0.4) is 0 Å². The van der Waals surface area contributed by atoms with Crippen LogP contribution >= 0.6 is 22.9 Å². The summed E-state index contributed by atoms with van der Waals surface area (Å²) in [5.41, 5.74) is 10.7. The van der Waals surface area contributed by atoms with Gasteiger partial charge in [0.25, 0.3) is 5.91 Å². The van der Waals surface area contributed by atoms with Crippen LogP contribution in [0.4, 0.5) is 0 Å². The fourth-order valence-electron chi connectivity index (χ4n) is 5.33. The third-order valence-corrected chi connectivity index (χ3v) is 9.14. The fraction of sp³-hybridized carbons (Fsp3) is 0.323. The molecular formula is C31H32ClN5O3S. The average Bonchev–Trinajstić information content (AvgIpc) is 3.59. The van der Waals surface area contributed by atoms with E-state index in [0.29, 0.717) is 21.4 Å². The number of amides is 1. The van der Waals surface area contributed by atoms with Gasteiger partial charge in [0.1, 0.15) is 39.9 Å². The second-order valence-corrected chi connectivity index (χ2v) is 11.9. The van der Waals surface area contributed by atoms with Gasteiger partial charge in [-0.3, -0.25) is 14.3 Å². The maximum absolute atomic E-state index is 12.4. The van der Waals surface area contributed by atoms with Crippen molar-refractivity contribution in [2.75, 3.05) is 13.1 Å². The van der Waals surface area contributed by atoms with Crippen LogP contribution in [0.2, 0.25) is 5.02 Å². The third-order valence-electron chi connectivity index (χ3n) is 7.61. The maximum atomic E-state index is 12.4. The van der Waals surface area contributed by atoms with Crippen molar-refractivity contribution >= 4 is 34.9 Å². The van der Waals surface area contributed by atoms with E-state index in [2.05, 4.69) is 28.5 Å². The van der Waals surface area contributed by atoms with E-state index in [1.165, 1.54) is 11.3 Å². The number of pyridine rings is 1. The molecule has 41 heavy (non-hydrogen) atoms. The minimum Gasteiger partial charge on any atom is -0.489 e. The van der Waals surface area contributed by atoms with Gasteiger partial charge in [-0.2, -0.15) is 0 Å². The summed E-state index contributed by atoms with van der Waals surface area (Å²) >= 11 is 8.07. The Morgan fingerprint density at radius 1 is 1.20 bits per heavy atom. The number of nitrogens with zero attached hydrogens (tertiary/aromatic N) is 3. The van der Waals surface area contributed by atoms with E-state index in [1.54, 1.807) is 6.33 Å². The lowest BCUT2D eigenvalue weighted by Crippen LogP contribution is -2.34. The van der Waals surface area contributed by atoms with Crippen LogP contribution in [-0.4, -0.2) is 39.6 Å². The lowest BCUT2D eigenvalue weighted by Gasteiger charge is -2.25. The Kier molecular flexibility index (Phi) is 7.84. The number of piperidine rings is 1. The highest BCUT2D eigenvalue weighted by Crippen LogP contribution is 2.40. The van der Waals surface area contributed by atoms with E-state index in [0.717, 1.165) is 65.6 Å². The fourth-order valence-corrected chi connectivity index (χ4v) is 6.59. The largest absolute Gasteiger partial charge is 0.489 e. The predicted molar refractivity (Wildman–Crippen MR) is 161 cm³/mol. The number of rotatable bonds is 8. The van der Waals surface area contributed by atoms with Crippen molar-refractivity contribution in [2.24, 2.45) is 5.73 Å². The van der Waals surface area contributed by atoms with Gasteiger partial charge in [0.2, 0.25) is 0 Å². The summed E-state index contributed by atoms with van der Waals surface area (Å²) in [7, 11) is 0. The Hall–Kier alpha value is -3.66. The molecule has 1 aliphatic carbocycles. The lowest BCUT2D eigenvalue weighted by atomic mass is 9.90. The molecule has 8 nitrogen and oxygen atoms in total. The lowest BCUT2D eigenvalue weighted by molar-refractivity contribution is 0.0998. The van der Waals surface area contributed by atoms with Gasteiger partial charge in [0.05, 0.1) is 16.4 Å². The van der Waals surface area contributed by atoms with Gasteiger partial charge < -0.3 is 20.5 Å². The molecule has 2 atom stereocenters. The van der Waals surface area contributed by atoms with Crippen molar-refractivity contribution in [1.82, 2.24) is 19.9 Å². The molecule has 0 radical (unpaired) electrons. The summed E-state index contributed by atoms with van der Waals surface area (Å²) in [6.07, 6.45) is 10.3. The first-order chi connectivity index (χ1) is 19.9. The van der Waals surface area contributed by atoms with Crippen LogP contribution in [0.5, 0.6) is 11.5 Å². The van der Waals surface area contributed by atoms with Gasteiger partial charge in [0.15, 0.2) is 0 Å². The molecule has 0 saturated carbocycles. The second kappa shape index (κ2) is 11.7. The number of imidazole rings is 1. The number of halogens is 1. The Morgan fingerprint density at radius 2 is 2.02 bits per heavy atom. The van der Waals surface area contributed by atoms with Crippen molar-refractivity contribution in [2.45, 2.75) is 51.2 Å². The molecule has 4 aromatic rings. The number of benzene rings is 1. The zero-order valence-electron chi connectivity index (χ0n) is 23.0. The molecule has 0 spiro atoms. The van der Waals surface area contributed by atoms with Crippen molar-refractivity contribution in [3.63, 3.8) is 0 Å². The number of hydrogen-bond donors (Lipinski definition) is 2. The van der Waals surface area contributed by atoms with Crippen LogP contribution in [0, 0.1) is 6.92 Å². The molecule has 1 saturated heterocycles. The molecule has 2 aliphatic rings. The molecule has 2 unspecified atom stereocenters. The number of carbonyl (C=O) groups excluding carboxylic acids is 1. The summed E-state index contributed by atoms with van der Waals surface area (Å²) in [6.45, 7) is 5.74. The van der Waals surface area contributed by atoms with Crippen LogP contribution in [0.15, 0.2) is 55.0 Å². The molecule has 1 fully saturated rings. The molecule has 3 N–H and O–H groups in total. The standard InChI is InChI=1S/C31H32ClN5O3S/c1-18-6-7-21(16-35-18)20-8-9-25-24(14-20)36-17-37(25)28-15-27(30(41-28)31(33)38)39-19(2)23-4-3-5-26(29(23)32)40-22-10-12-34-13-11-22/h3-9,15-17,19-20,22,34H,10-14H2,1-2H3,(H2,33,38). The Morgan fingerprint density at radius 3 is 2.78 bits per heavy atom. The third kappa shape index (κ3) is 5.75. The minimum absolute atomic E-state index is 0.125. The summed E-state index contributed by atoms with van der Waals surface area (Å²) in [5.74, 6) is 0.720. The summed E-state index contributed by atoms with van der Waals surface area (Å²) in [4.78, 5) is 21.9. The molecule has 1 amide bonds. The Bertz CT molecular complexity index is 1590. The van der Waals surface area contributed by atoms with E-state index in [1.807, 2.05) is 54.9 Å².